The van der Waals surface area contributed by atoms with Gasteiger partial charge in [0.2, 0.25) is 0 Å². The SMILES string of the molecule is CCN(CC)c1ccc(C(=O)c2cccc(O)c2)c(Cl)c1Cl. The second kappa shape index (κ2) is 7.03. The highest BCUT2D eigenvalue weighted by Crippen LogP contribution is 2.36. The van der Waals surface area contributed by atoms with Gasteiger partial charge >= 0.3 is 0 Å². The normalized spacial score (nSPS) is 10.5. The number of nitrogens with zero attached hydrogens (tertiary/aromatic N) is 1. The average Bonchev–Trinajstić information content (AvgIpc) is 2.52. The minimum atomic E-state index is -0.270. The molecule has 3 nitrogen and oxygen atoms in total. The molecule has 22 heavy (non-hydrogen) atoms. The van der Waals surface area contributed by atoms with E-state index in [4.69, 9.17) is 23.2 Å². The van der Waals surface area contributed by atoms with E-state index < -0.39 is 0 Å². The van der Waals surface area contributed by atoms with Crippen LogP contribution in [0.15, 0.2) is 36.4 Å². The van der Waals surface area contributed by atoms with Crippen molar-refractivity contribution in [1.82, 2.24) is 0 Å². The fourth-order valence-electron chi connectivity index (χ4n) is 2.33. The van der Waals surface area contributed by atoms with E-state index in [0.29, 0.717) is 16.1 Å². The molecule has 0 aromatic heterocycles. The van der Waals surface area contributed by atoms with Gasteiger partial charge in [0, 0.05) is 24.2 Å². The summed E-state index contributed by atoms with van der Waals surface area (Å²) in [4.78, 5) is 14.6. The van der Waals surface area contributed by atoms with E-state index >= 15 is 0 Å². The second-order valence-corrected chi connectivity index (χ2v) is 5.57. The second-order valence-electron chi connectivity index (χ2n) is 4.81. The van der Waals surface area contributed by atoms with Gasteiger partial charge in [0.1, 0.15) is 5.75 Å². The van der Waals surface area contributed by atoms with Gasteiger partial charge in [-0.1, -0.05) is 35.3 Å². The van der Waals surface area contributed by atoms with Gasteiger partial charge in [-0.2, -0.15) is 0 Å². The Morgan fingerprint density at radius 2 is 1.77 bits per heavy atom. The third-order valence-corrected chi connectivity index (χ3v) is 4.39. The molecule has 0 aliphatic carbocycles. The molecule has 0 amide bonds. The number of carbonyl (C=O) groups excluding carboxylic acids is 1. The van der Waals surface area contributed by atoms with Crippen LogP contribution in [0.25, 0.3) is 0 Å². The smallest absolute Gasteiger partial charge is 0.194 e. The molecule has 0 fully saturated rings. The summed E-state index contributed by atoms with van der Waals surface area (Å²) in [6.07, 6.45) is 0. The van der Waals surface area contributed by atoms with Crippen LogP contribution in [-0.2, 0) is 0 Å². The molecule has 0 aliphatic rings. The van der Waals surface area contributed by atoms with E-state index in [1.807, 2.05) is 13.8 Å². The zero-order chi connectivity index (χ0) is 16.3. The van der Waals surface area contributed by atoms with Gasteiger partial charge in [0.15, 0.2) is 5.78 Å². The first kappa shape index (κ1) is 16.7. The number of rotatable bonds is 5. The number of anilines is 1. The number of phenols is 1. The number of carbonyl (C=O) groups is 1. The van der Waals surface area contributed by atoms with Crippen LogP contribution >= 0.6 is 23.2 Å². The molecule has 0 aliphatic heterocycles. The van der Waals surface area contributed by atoms with E-state index in [-0.39, 0.29) is 16.6 Å². The van der Waals surface area contributed by atoms with Gasteiger partial charge in [-0.15, -0.1) is 0 Å². The Labute approximate surface area is 140 Å². The van der Waals surface area contributed by atoms with Crippen molar-refractivity contribution in [2.45, 2.75) is 13.8 Å². The lowest BCUT2D eigenvalue weighted by Gasteiger charge is -2.23. The maximum Gasteiger partial charge on any atom is 0.194 e. The van der Waals surface area contributed by atoms with Crippen LogP contribution in [0.2, 0.25) is 10.0 Å². The van der Waals surface area contributed by atoms with Crippen molar-refractivity contribution in [2.75, 3.05) is 18.0 Å². The zero-order valence-electron chi connectivity index (χ0n) is 12.4. The Kier molecular flexibility index (Phi) is 5.33. The monoisotopic (exact) mass is 337 g/mol. The molecule has 1 N–H and O–H groups in total. The lowest BCUT2D eigenvalue weighted by Crippen LogP contribution is -2.22. The number of phenolic OH excluding ortho intramolecular Hbond substituents is 1. The Morgan fingerprint density at radius 1 is 1.09 bits per heavy atom. The molecule has 0 heterocycles. The molecule has 2 aromatic carbocycles. The van der Waals surface area contributed by atoms with Crippen LogP contribution in [0.4, 0.5) is 5.69 Å². The molecule has 2 aromatic rings. The highest BCUT2D eigenvalue weighted by molar-refractivity contribution is 6.46. The molecule has 116 valence electrons. The summed E-state index contributed by atoms with van der Waals surface area (Å²) in [6, 6.07) is 9.64. The van der Waals surface area contributed by atoms with Crippen LogP contribution in [0.1, 0.15) is 29.8 Å². The standard InChI is InChI=1S/C17H17Cl2NO2/c1-3-20(4-2)14-9-8-13(15(18)16(14)19)17(22)11-6-5-7-12(21)10-11/h5-10,21H,3-4H2,1-2H3. The first-order chi connectivity index (χ1) is 10.5. The summed E-state index contributed by atoms with van der Waals surface area (Å²) < 4.78 is 0. The van der Waals surface area contributed by atoms with Gasteiger partial charge in [0.05, 0.1) is 15.7 Å². The molecular weight excluding hydrogens is 321 g/mol. The van der Waals surface area contributed by atoms with E-state index in [9.17, 15) is 9.90 Å². The van der Waals surface area contributed by atoms with E-state index in [2.05, 4.69) is 4.90 Å². The predicted molar refractivity (Wildman–Crippen MR) is 91.6 cm³/mol. The number of ketones is 1. The molecule has 0 saturated heterocycles. The number of hydrogen-bond donors (Lipinski definition) is 1. The van der Waals surface area contributed by atoms with Crippen LogP contribution in [0.3, 0.4) is 0 Å². The van der Waals surface area contributed by atoms with E-state index in [1.54, 1.807) is 24.3 Å². The van der Waals surface area contributed by atoms with Crippen molar-refractivity contribution in [3.05, 3.63) is 57.6 Å². The highest BCUT2D eigenvalue weighted by atomic mass is 35.5. The summed E-state index contributed by atoms with van der Waals surface area (Å²) in [5, 5.41) is 10.1. The molecule has 0 radical (unpaired) electrons. The van der Waals surface area contributed by atoms with Crippen molar-refractivity contribution in [3.63, 3.8) is 0 Å². The molecule has 0 spiro atoms. The van der Waals surface area contributed by atoms with Gasteiger partial charge in [0.25, 0.3) is 0 Å². The number of hydrogen-bond acceptors (Lipinski definition) is 3. The summed E-state index contributed by atoms with van der Waals surface area (Å²) in [6.45, 7) is 5.65. The lowest BCUT2D eigenvalue weighted by atomic mass is 10.0. The first-order valence-electron chi connectivity index (χ1n) is 7.06. The Hall–Kier alpha value is -1.71. The topological polar surface area (TPSA) is 40.5 Å². The van der Waals surface area contributed by atoms with Gasteiger partial charge < -0.3 is 10.0 Å². The fourth-order valence-corrected chi connectivity index (χ4v) is 2.86. The quantitative estimate of drug-likeness (QED) is 0.798. The van der Waals surface area contributed by atoms with Crippen molar-refractivity contribution < 1.29 is 9.90 Å². The van der Waals surface area contributed by atoms with Gasteiger partial charge in [-0.25, -0.2) is 0 Å². The van der Waals surface area contributed by atoms with Crippen molar-refractivity contribution >= 4 is 34.7 Å². The lowest BCUT2D eigenvalue weighted by molar-refractivity contribution is 0.103. The zero-order valence-corrected chi connectivity index (χ0v) is 13.9. The number of benzene rings is 2. The van der Waals surface area contributed by atoms with Gasteiger partial charge in [-0.3, -0.25) is 4.79 Å². The Balaban J connectivity index is 2.45. The fraction of sp³-hybridized carbons (Fsp3) is 0.235. The van der Waals surface area contributed by atoms with Gasteiger partial charge in [-0.05, 0) is 38.1 Å². The van der Waals surface area contributed by atoms with Crippen molar-refractivity contribution in [1.29, 1.82) is 0 Å². The minimum absolute atomic E-state index is 0.0350. The van der Waals surface area contributed by atoms with Crippen LogP contribution in [0, 0.1) is 0 Å². The maximum absolute atomic E-state index is 12.5. The Morgan fingerprint density at radius 3 is 2.36 bits per heavy atom. The summed E-state index contributed by atoms with van der Waals surface area (Å²) in [7, 11) is 0. The van der Waals surface area contributed by atoms with E-state index in [1.165, 1.54) is 12.1 Å². The first-order valence-corrected chi connectivity index (χ1v) is 7.81. The molecule has 0 saturated carbocycles. The molecule has 0 unspecified atom stereocenters. The third-order valence-electron chi connectivity index (χ3n) is 3.52. The maximum atomic E-state index is 12.5. The van der Waals surface area contributed by atoms with E-state index in [0.717, 1.165) is 18.8 Å². The Bertz CT molecular complexity index is 697. The molecule has 0 atom stereocenters. The summed E-state index contributed by atoms with van der Waals surface area (Å²) in [5.41, 5.74) is 1.51. The molecular formula is C17H17Cl2NO2. The third kappa shape index (κ3) is 3.21. The van der Waals surface area contributed by atoms with Crippen molar-refractivity contribution in [3.8, 4) is 5.75 Å². The number of aromatic hydroxyl groups is 1. The highest BCUT2D eigenvalue weighted by Gasteiger charge is 2.19. The van der Waals surface area contributed by atoms with Crippen molar-refractivity contribution in [2.24, 2.45) is 0 Å². The molecule has 5 heteroatoms. The van der Waals surface area contributed by atoms with Crippen LogP contribution < -0.4 is 4.90 Å². The predicted octanol–water partition coefficient (Wildman–Crippen LogP) is 4.78. The summed E-state index contributed by atoms with van der Waals surface area (Å²) >= 11 is 12.6. The van der Waals surface area contributed by atoms with Crippen LogP contribution in [-0.4, -0.2) is 24.0 Å². The average molecular weight is 338 g/mol. The number of halogens is 2. The molecule has 2 rings (SSSR count). The minimum Gasteiger partial charge on any atom is -0.508 e. The molecule has 0 bridgehead atoms. The largest absolute Gasteiger partial charge is 0.508 e. The summed E-state index contributed by atoms with van der Waals surface area (Å²) in [5.74, 6) is -0.235. The van der Waals surface area contributed by atoms with Crippen LogP contribution in [0.5, 0.6) is 5.75 Å².